The Balaban J connectivity index is 2.03. The highest BCUT2D eigenvalue weighted by atomic mass is 16.5. The Morgan fingerprint density at radius 1 is 1.04 bits per heavy atom. The summed E-state index contributed by atoms with van der Waals surface area (Å²) in [5.41, 5.74) is 2.36. The molecule has 1 atom stereocenters. The number of benzene rings is 2. The summed E-state index contributed by atoms with van der Waals surface area (Å²) in [7, 11) is 1.51. The third-order valence-corrected chi connectivity index (χ3v) is 3.46. The van der Waals surface area contributed by atoms with Crippen molar-refractivity contribution in [2.75, 3.05) is 12.4 Å². The number of hydrogen-bond donors (Lipinski definition) is 2. The third kappa shape index (κ3) is 4.32. The molecule has 0 bridgehead atoms. The first kappa shape index (κ1) is 16.5. The van der Waals surface area contributed by atoms with Crippen LogP contribution < -0.4 is 15.4 Å². The zero-order valence-corrected chi connectivity index (χ0v) is 13.4. The highest BCUT2D eigenvalue weighted by Gasteiger charge is 2.18. The molecule has 0 fully saturated rings. The van der Waals surface area contributed by atoms with E-state index in [1.165, 1.54) is 7.11 Å². The summed E-state index contributed by atoms with van der Waals surface area (Å²) >= 11 is 0. The Kier molecular flexibility index (Phi) is 5.36. The predicted molar refractivity (Wildman–Crippen MR) is 89.4 cm³/mol. The van der Waals surface area contributed by atoms with Gasteiger partial charge in [-0.2, -0.15) is 0 Å². The van der Waals surface area contributed by atoms with Gasteiger partial charge >= 0.3 is 11.8 Å². The molecule has 5 heteroatoms. The normalized spacial score (nSPS) is 11.4. The number of carbonyl (C=O) groups excluding carboxylic acids is 2. The van der Waals surface area contributed by atoms with E-state index in [0.717, 1.165) is 11.1 Å². The smallest absolute Gasteiger partial charge is 0.313 e. The van der Waals surface area contributed by atoms with Crippen molar-refractivity contribution >= 4 is 17.5 Å². The molecule has 2 rings (SSSR count). The minimum atomic E-state index is -0.725. The maximum atomic E-state index is 12.1. The number of anilines is 1. The lowest BCUT2D eigenvalue weighted by atomic mass is 10.1. The number of rotatable bonds is 4. The lowest BCUT2D eigenvalue weighted by Gasteiger charge is -2.15. The Morgan fingerprint density at radius 2 is 1.74 bits per heavy atom. The van der Waals surface area contributed by atoms with Gasteiger partial charge in [-0.3, -0.25) is 9.59 Å². The van der Waals surface area contributed by atoms with E-state index in [0.29, 0.717) is 11.4 Å². The minimum absolute atomic E-state index is 0.256. The van der Waals surface area contributed by atoms with Gasteiger partial charge in [-0.25, -0.2) is 0 Å². The van der Waals surface area contributed by atoms with Gasteiger partial charge in [0.05, 0.1) is 18.8 Å². The maximum absolute atomic E-state index is 12.1. The van der Waals surface area contributed by atoms with E-state index >= 15 is 0 Å². The van der Waals surface area contributed by atoms with E-state index < -0.39 is 11.8 Å². The molecule has 0 aliphatic rings. The highest BCUT2D eigenvalue weighted by Crippen LogP contribution is 2.25. The largest absolute Gasteiger partial charge is 0.495 e. The van der Waals surface area contributed by atoms with Crippen LogP contribution in [0.5, 0.6) is 5.75 Å². The predicted octanol–water partition coefficient (Wildman–Crippen LogP) is 2.82. The van der Waals surface area contributed by atoms with Crippen LogP contribution in [0.4, 0.5) is 5.69 Å². The fourth-order valence-corrected chi connectivity index (χ4v) is 2.19. The SMILES string of the molecule is COc1ccc(C)cc1NC(=O)C(=O)NC(C)c1ccccc1. The first-order valence-corrected chi connectivity index (χ1v) is 7.32. The van der Waals surface area contributed by atoms with E-state index in [4.69, 9.17) is 4.74 Å². The molecule has 0 aliphatic heterocycles. The fraction of sp³-hybridized carbons (Fsp3) is 0.222. The molecule has 2 N–H and O–H groups in total. The molecule has 5 nitrogen and oxygen atoms in total. The number of hydrogen-bond acceptors (Lipinski definition) is 3. The highest BCUT2D eigenvalue weighted by molar-refractivity contribution is 6.39. The van der Waals surface area contributed by atoms with Crippen molar-refractivity contribution in [3.8, 4) is 5.75 Å². The lowest BCUT2D eigenvalue weighted by molar-refractivity contribution is -0.136. The van der Waals surface area contributed by atoms with Crippen molar-refractivity contribution in [3.63, 3.8) is 0 Å². The molecule has 0 aliphatic carbocycles. The summed E-state index contributed by atoms with van der Waals surface area (Å²) in [5, 5.41) is 5.26. The van der Waals surface area contributed by atoms with Gasteiger partial charge in [0.2, 0.25) is 0 Å². The second-order valence-electron chi connectivity index (χ2n) is 5.26. The molecule has 0 aromatic heterocycles. The molecule has 0 saturated heterocycles. The molecular formula is C18H20N2O3. The van der Waals surface area contributed by atoms with Crippen molar-refractivity contribution in [2.24, 2.45) is 0 Å². The topological polar surface area (TPSA) is 67.4 Å². The van der Waals surface area contributed by atoms with E-state index in [-0.39, 0.29) is 6.04 Å². The van der Waals surface area contributed by atoms with E-state index in [1.54, 1.807) is 12.1 Å². The average Bonchev–Trinajstić information content (AvgIpc) is 2.55. The molecule has 120 valence electrons. The number of ether oxygens (including phenoxy) is 1. The number of amides is 2. The molecule has 0 saturated carbocycles. The van der Waals surface area contributed by atoms with Crippen molar-refractivity contribution < 1.29 is 14.3 Å². The van der Waals surface area contributed by atoms with Crippen molar-refractivity contribution in [1.82, 2.24) is 5.32 Å². The summed E-state index contributed by atoms with van der Waals surface area (Å²) < 4.78 is 5.18. The van der Waals surface area contributed by atoms with Crippen molar-refractivity contribution in [3.05, 3.63) is 59.7 Å². The average molecular weight is 312 g/mol. The monoisotopic (exact) mass is 312 g/mol. The van der Waals surface area contributed by atoms with Crippen molar-refractivity contribution in [1.29, 1.82) is 0 Å². The number of aryl methyl sites for hydroxylation is 1. The Bertz CT molecular complexity index is 699. The van der Waals surface area contributed by atoms with E-state index in [9.17, 15) is 9.59 Å². The van der Waals surface area contributed by atoms with Crippen LogP contribution in [-0.2, 0) is 9.59 Å². The zero-order chi connectivity index (χ0) is 16.8. The van der Waals surface area contributed by atoms with Gasteiger partial charge in [0.15, 0.2) is 0 Å². The first-order chi connectivity index (χ1) is 11.0. The second kappa shape index (κ2) is 7.45. The van der Waals surface area contributed by atoms with Gasteiger partial charge in [0.25, 0.3) is 0 Å². The Hall–Kier alpha value is -2.82. The molecule has 2 aromatic carbocycles. The van der Waals surface area contributed by atoms with Gasteiger partial charge in [0, 0.05) is 0 Å². The molecular weight excluding hydrogens is 292 g/mol. The number of carbonyl (C=O) groups is 2. The lowest BCUT2D eigenvalue weighted by Crippen LogP contribution is -2.37. The molecule has 1 unspecified atom stereocenters. The second-order valence-corrected chi connectivity index (χ2v) is 5.26. The number of nitrogens with one attached hydrogen (secondary N) is 2. The van der Waals surface area contributed by atoms with Gasteiger partial charge in [-0.15, -0.1) is 0 Å². The summed E-state index contributed by atoms with van der Waals surface area (Å²) in [6.45, 7) is 3.72. The van der Waals surface area contributed by atoms with Gasteiger partial charge < -0.3 is 15.4 Å². The molecule has 2 aromatic rings. The zero-order valence-electron chi connectivity index (χ0n) is 13.4. The van der Waals surface area contributed by atoms with E-state index in [2.05, 4.69) is 10.6 Å². The Labute approximate surface area is 135 Å². The summed E-state index contributed by atoms with van der Waals surface area (Å²) in [4.78, 5) is 24.1. The van der Waals surface area contributed by atoms with Gasteiger partial charge in [-0.05, 0) is 37.1 Å². The van der Waals surface area contributed by atoms with Crippen LogP contribution in [0.25, 0.3) is 0 Å². The quantitative estimate of drug-likeness (QED) is 0.853. The fourth-order valence-electron chi connectivity index (χ4n) is 2.19. The van der Waals surface area contributed by atoms with Crippen LogP contribution in [0.2, 0.25) is 0 Å². The van der Waals surface area contributed by atoms with Crippen LogP contribution in [0, 0.1) is 6.92 Å². The van der Waals surface area contributed by atoms with Crippen LogP contribution in [0.1, 0.15) is 24.1 Å². The molecule has 2 amide bonds. The van der Waals surface area contributed by atoms with Crippen LogP contribution >= 0.6 is 0 Å². The van der Waals surface area contributed by atoms with Crippen LogP contribution in [-0.4, -0.2) is 18.9 Å². The molecule has 0 heterocycles. The first-order valence-electron chi connectivity index (χ1n) is 7.32. The maximum Gasteiger partial charge on any atom is 0.313 e. The van der Waals surface area contributed by atoms with Gasteiger partial charge in [0.1, 0.15) is 5.75 Å². The molecule has 0 radical (unpaired) electrons. The minimum Gasteiger partial charge on any atom is -0.495 e. The third-order valence-electron chi connectivity index (χ3n) is 3.46. The van der Waals surface area contributed by atoms with Crippen LogP contribution in [0.15, 0.2) is 48.5 Å². The van der Waals surface area contributed by atoms with E-state index in [1.807, 2.05) is 50.2 Å². The summed E-state index contributed by atoms with van der Waals surface area (Å²) in [5.74, 6) is -0.908. The Morgan fingerprint density at radius 3 is 2.39 bits per heavy atom. The van der Waals surface area contributed by atoms with Crippen LogP contribution in [0.3, 0.4) is 0 Å². The molecule has 0 spiro atoms. The standard InChI is InChI=1S/C18H20N2O3/c1-12-9-10-16(23-3)15(11-12)20-18(22)17(21)19-13(2)14-7-5-4-6-8-14/h4-11,13H,1-3H3,(H,19,21)(H,20,22). The number of methoxy groups -OCH3 is 1. The summed E-state index contributed by atoms with van der Waals surface area (Å²) in [6.07, 6.45) is 0. The molecule has 23 heavy (non-hydrogen) atoms. The van der Waals surface area contributed by atoms with Crippen molar-refractivity contribution in [2.45, 2.75) is 19.9 Å². The summed E-state index contributed by atoms with van der Waals surface area (Å²) in [6, 6.07) is 14.6. The van der Waals surface area contributed by atoms with Gasteiger partial charge in [-0.1, -0.05) is 36.4 Å².